The molecule has 0 bridgehead atoms. The summed E-state index contributed by atoms with van der Waals surface area (Å²) >= 11 is 3.07. The van der Waals surface area contributed by atoms with Crippen LogP contribution in [0.1, 0.15) is 17.3 Å². The number of rotatable bonds is 3. The summed E-state index contributed by atoms with van der Waals surface area (Å²) in [5.74, 6) is -0.908. The summed E-state index contributed by atoms with van der Waals surface area (Å²) in [6.07, 6.45) is 1.21. The molecular formula is C12H9BrFNO3. The number of halogens is 2. The van der Waals surface area contributed by atoms with E-state index in [1.54, 1.807) is 6.92 Å². The van der Waals surface area contributed by atoms with E-state index >= 15 is 0 Å². The third kappa shape index (κ3) is 2.43. The lowest BCUT2D eigenvalue weighted by Crippen LogP contribution is -2.04. The first-order chi connectivity index (χ1) is 8.63. The maximum atomic E-state index is 13.1. The van der Waals surface area contributed by atoms with Gasteiger partial charge in [-0.3, -0.25) is 0 Å². The van der Waals surface area contributed by atoms with Gasteiger partial charge in [0.25, 0.3) is 0 Å². The predicted molar refractivity (Wildman–Crippen MR) is 65.6 cm³/mol. The fourth-order valence-electron chi connectivity index (χ4n) is 1.44. The quantitative estimate of drug-likeness (QED) is 0.815. The fourth-order valence-corrected chi connectivity index (χ4v) is 1.82. The highest BCUT2D eigenvalue weighted by atomic mass is 79.9. The minimum absolute atomic E-state index is 0.218. The zero-order valence-electron chi connectivity index (χ0n) is 9.44. The summed E-state index contributed by atoms with van der Waals surface area (Å²) in [5.41, 5.74) is 1.12. The van der Waals surface area contributed by atoms with Crippen LogP contribution in [0.2, 0.25) is 0 Å². The van der Waals surface area contributed by atoms with Crippen LogP contribution in [-0.2, 0) is 4.74 Å². The van der Waals surface area contributed by atoms with E-state index in [9.17, 15) is 9.18 Å². The van der Waals surface area contributed by atoms with Crippen molar-refractivity contribution in [2.24, 2.45) is 0 Å². The molecule has 94 valence electrons. The van der Waals surface area contributed by atoms with E-state index in [2.05, 4.69) is 21.1 Å². The Morgan fingerprint density at radius 3 is 3.00 bits per heavy atom. The summed E-state index contributed by atoms with van der Waals surface area (Å²) in [4.78, 5) is 11.6. The van der Waals surface area contributed by atoms with Crippen LogP contribution in [0.5, 0.6) is 0 Å². The van der Waals surface area contributed by atoms with Gasteiger partial charge in [0.2, 0.25) is 0 Å². The number of carbonyl (C=O) groups excluding carboxylic acids is 1. The third-order valence-electron chi connectivity index (χ3n) is 2.26. The summed E-state index contributed by atoms with van der Waals surface area (Å²) in [6, 6.07) is 4.32. The van der Waals surface area contributed by atoms with Crippen LogP contribution in [0.3, 0.4) is 0 Å². The van der Waals surface area contributed by atoms with Crippen LogP contribution in [0.25, 0.3) is 11.3 Å². The molecule has 0 atom stereocenters. The number of esters is 1. The first-order valence-electron chi connectivity index (χ1n) is 5.20. The van der Waals surface area contributed by atoms with E-state index in [-0.39, 0.29) is 22.5 Å². The summed E-state index contributed by atoms with van der Waals surface area (Å²) < 4.78 is 23.1. The van der Waals surface area contributed by atoms with Crippen molar-refractivity contribution in [2.45, 2.75) is 6.92 Å². The van der Waals surface area contributed by atoms with Gasteiger partial charge in [0.15, 0.2) is 0 Å². The average Bonchev–Trinajstić information content (AvgIpc) is 2.82. The molecular weight excluding hydrogens is 305 g/mol. The Morgan fingerprint density at radius 2 is 2.33 bits per heavy atom. The summed E-state index contributed by atoms with van der Waals surface area (Å²) in [7, 11) is 0. The molecule has 0 fully saturated rings. The zero-order valence-corrected chi connectivity index (χ0v) is 11.0. The molecule has 0 N–H and O–H groups in total. The first-order valence-corrected chi connectivity index (χ1v) is 5.99. The first kappa shape index (κ1) is 12.8. The van der Waals surface area contributed by atoms with Gasteiger partial charge in [-0.2, -0.15) is 0 Å². The van der Waals surface area contributed by atoms with Gasteiger partial charge in [-0.05, 0) is 41.1 Å². The van der Waals surface area contributed by atoms with Gasteiger partial charge in [0, 0.05) is 5.56 Å². The van der Waals surface area contributed by atoms with Crippen LogP contribution in [-0.4, -0.2) is 17.7 Å². The highest BCUT2D eigenvalue weighted by Crippen LogP contribution is 2.27. The average molecular weight is 314 g/mol. The minimum Gasteiger partial charge on any atom is -0.462 e. The van der Waals surface area contributed by atoms with Gasteiger partial charge < -0.3 is 9.26 Å². The molecule has 2 aromatic rings. The van der Waals surface area contributed by atoms with E-state index in [0.717, 1.165) is 0 Å². The molecule has 1 aromatic carbocycles. The molecule has 0 unspecified atom stereocenters. The van der Waals surface area contributed by atoms with Gasteiger partial charge in [-0.25, -0.2) is 9.18 Å². The second-order valence-electron chi connectivity index (χ2n) is 3.43. The number of benzene rings is 1. The van der Waals surface area contributed by atoms with Gasteiger partial charge in [0.05, 0.1) is 11.1 Å². The van der Waals surface area contributed by atoms with Crippen LogP contribution in [0.4, 0.5) is 4.39 Å². The number of hydrogen-bond acceptors (Lipinski definition) is 4. The highest BCUT2D eigenvalue weighted by Gasteiger charge is 2.19. The van der Waals surface area contributed by atoms with Gasteiger partial charge in [0.1, 0.15) is 23.3 Å². The molecule has 1 heterocycles. The van der Waals surface area contributed by atoms with Crippen molar-refractivity contribution in [2.75, 3.05) is 6.61 Å². The fraction of sp³-hybridized carbons (Fsp3) is 0.167. The standard InChI is InChI=1S/C12H9BrFNO3/c1-2-17-12(16)8-6-18-15-11(8)7-3-4-10(14)9(13)5-7/h3-6H,2H2,1H3. The topological polar surface area (TPSA) is 52.3 Å². The second kappa shape index (κ2) is 5.30. The largest absolute Gasteiger partial charge is 0.462 e. The molecule has 6 heteroatoms. The Labute approximate surface area is 111 Å². The monoisotopic (exact) mass is 313 g/mol. The molecule has 1 aromatic heterocycles. The zero-order chi connectivity index (χ0) is 13.1. The summed E-state index contributed by atoms with van der Waals surface area (Å²) in [5, 5.41) is 3.74. The van der Waals surface area contributed by atoms with Crippen molar-refractivity contribution < 1.29 is 18.4 Å². The molecule has 0 amide bonds. The third-order valence-corrected chi connectivity index (χ3v) is 2.87. The normalized spacial score (nSPS) is 10.4. The van der Waals surface area contributed by atoms with E-state index in [1.807, 2.05) is 0 Å². The Balaban J connectivity index is 2.42. The minimum atomic E-state index is -0.519. The van der Waals surface area contributed by atoms with Crippen LogP contribution < -0.4 is 0 Å². The highest BCUT2D eigenvalue weighted by molar-refractivity contribution is 9.10. The Hall–Kier alpha value is -1.69. The summed E-state index contributed by atoms with van der Waals surface area (Å²) in [6.45, 7) is 1.97. The van der Waals surface area contributed by atoms with Gasteiger partial charge in [-0.15, -0.1) is 0 Å². The van der Waals surface area contributed by atoms with Crippen molar-refractivity contribution in [3.05, 3.63) is 40.3 Å². The smallest absolute Gasteiger partial charge is 0.343 e. The second-order valence-corrected chi connectivity index (χ2v) is 4.28. The van der Waals surface area contributed by atoms with Gasteiger partial charge in [-0.1, -0.05) is 5.16 Å². The molecule has 4 nitrogen and oxygen atoms in total. The van der Waals surface area contributed by atoms with Crippen molar-refractivity contribution >= 4 is 21.9 Å². The Kier molecular flexibility index (Phi) is 3.76. The maximum absolute atomic E-state index is 13.1. The van der Waals surface area contributed by atoms with Crippen LogP contribution in [0, 0.1) is 5.82 Å². The lowest BCUT2D eigenvalue weighted by molar-refractivity contribution is 0.0526. The number of aromatic nitrogens is 1. The molecule has 0 spiro atoms. The molecule has 0 aliphatic carbocycles. The lowest BCUT2D eigenvalue weighted by Gasteiger charge is -2.02. The van der Waals surface area contributed by atoms with Crippen molar-refractivity contribution in [1.29, 1.82) is 0 Å². The van der Waals surface area contributed by atoms with Gasteiger partial charge >= 0.3 is 5.97 Å². The number of nitrogens with zero attached hydrogens (tertiary/aromatic N) is 1. The Morgan fingerprint density at radius 1 is 1.56 bits per heavy atom. The lowest BCUT2D eigenvalue weighted by atomic mass is 10.1. The molecule has 0 radical (unpaired) electrons. The molecule has 0 aliphatic heterocycles. The van der Waals surface area contributed by atoms with Crippen LogP contribution >= 0.6 is 15.9 Å². The van der Waals surface area contributed by atoms with Crippen molar-refractivity contribution in [3.63, 3.8) is 0 Å². The van der Waals surface area contributed by atoms with Crippen molar-refractivity contribution in [3.8, 4) is 11.3 Å². The molecule has 2 rings (SSSR count). The van der Waals surface area contributed by atoms with E-state index in [1.165, 1.54) is 24.5 Å². The molecule has 0 aliphatic rings. The number of carbonyl (C=O) groups is 1. The SMILES string of the molecule is CCOC(=O)c1conc1-c1ccc(F)c(Br)c1. The molecule has 18 heavy (non-hydrogen) atoms. The van der Waals surface area contributed by atoms with E-state index < -0.39 is 5.97 Å². The van der Waals surface area contributed by atoms with Crippen LogP contribution in [0.15, 0.2) is 33.5 Å². The number of hydrogen-bond donors (Lipinski definition) is 0. The Bertz CT molecular complexity index is 582. The predicted octanol–water partition coefficient (Wildman–Crippen LogP) is 3.42. The van der Waals surface area contributed by atoms with E-state index in [0.29, 0.717) is 11.3 Å². The van der Waals surface area contributed by atoms with Crippen molar-refractivity contribution in [1.82, 2.24) is 5.16 Å². The van der Waals surface area contributed by atoms with E-state index in [4.69, 9.17) is 9.26 Å². The number of ether oxygens (including phenoxy) is 1. The molecule has 0 saturated heterocycles. The maximum Gasteiger partial charge on any atom is 0.343 e. The molecule has 0 saturated carbocycles.